The third-order valence-electron chi connectivity index (χ3n) is 2.10. The molecule has 0 saturated heterocycles. The number of furan rings is 1. The van der Waals surface area contributed by atoms with Crippen molar-refractivity contribution in [3.8, 4) is 0 Å². The zero-order valence-corrected chi connectivity index (χ0v) is 14.7. The minimum Gasteiger partial charge on any atom is -0.477 e. The molecule has 106 valence electrons. The minimum atomic E-state index is -1.09. The predicted molar refractivity (Wildman–Crippen MR) is 84.3 cm³/mol. The van der Waals surface area contributed by atoms with Crippen molar-refractivity contribution in [1.82, 2.24) is 10.2 Å². The van der Waals surface area contributed by atoms with Gasteiger partial charge in [-0.2, -0.15) is 0 Å². The van der Waals surface area contributed by atoms with E-state index in [1.54, 1.807) is 6.07 Å². The van der Waals surface area contributed by atoms with Gasteiger partial charge in [-0.3, -0.25) is 0 Å². The van der Waals surface area contributed by atoms with Crippen LogP contribution in [0.1, 0.15) is 18.6 Å². The molecule has 0 fully saturated rings. The maximum Gasteiger partial charge on any atom is 0.342 e. The van der Waals surface area contributed by atoms with E-state index >= 15 is 0 Å². The fourth-order valence-corrected chi connectivity index (χ4v) is 2.60. The van der Waals surface area contributed by atoms with E-state index in [1.165, 1.54) is 6.08 Å². The summed E-state index contributed by atoms with van der Waals surface area (Å²) in [7, 11) is 0. The molecule has 0 spiro atoms. The molecule has 0 saturated carbocycles. The number of halogens is 2. The topological polar surface area (TPSA) is 89.4 Å². The van der Waals surface area contributed by atoms with Crippen LogP contribution in [0.2, 0.25) is 0 Å². The fourth-order valence-electron chi connectivity index (χ4n) is 1.21. The average Bonchev–Trinajstić information content (AvgIpc) is 2.96. The molecule has 0 aliphatic carbocycles. The smallest absolute Gasteiger partial charge is 0.342 e. The summed E-state index contributed by atoms with van der Waals surface area (Å²) in [5, 5.41) is 16.9. The SMILES string of the molecule is CCc1nnc(S/C(=C\c2cc(Br)c(I)o2)C(=O)O)o1. The van der Waals surface area contributed by atoms with Crippen LogP contribution in [0.25, 0.3) is 6.08 Å². The minimum absolute atomic E-state index is 0.0361. The molecule has 0 unspecified atom stereocenters. The van der Waals surface area contributed by atoms with Crippen LogP contribution in [-0.4, -0.2) is 21.3 Å². The lowest BCUT2D eigenvalue weighted by Gasteiger charge is -1.96. The van der Waals surface area contributed by atoms with Gasteiger partial charge in [-0.15, -0.1) is 10.2 Å². The molecule has 2 heterocycles. The predicted octanol–water partition coefficient (Wildman–Crippen LogP) is 3.81. The van der Waals surface area contributed by atoms with E-state index in [-0.39, 0.29) is 10.1 Å². The molecule has 9 heteroatoms. The number of thioether (sulfide) groups is 1. The number of nitrogens with zero attached hydrogens (tertiary/aromatic N) is 2. The highest BCUT2D eigenvalue weighted by Gasteiger charge is 2.16. The zero-order chi connectivity index (χ0) is 14.7. The van der Waals surface area contributed by atoms with Crippen molar-refractivity contribution < 1.29 is 18.7 Å². The van der Waals surface area contributed by atoms with Gasteiger partial charge in [0.15, 0.2) is 3.77 Å². The Labute approximate surface area is 140 Å². The van der Waals surface area contributed by atoms with Crippen LogP contribution in [0.5, 0.6) is 0 Å². The highest BCUT2D eigenvalue weighted by molar-refractivity contribution is 14.1. The normalized spacial score (nSPS) is 11.8. The number of hydrogen-bond acceptors (Lipinski definition) is 6. The molecule has 0 aromatic carbocycles. The molecule has 1 N–H and O–H groups in total. The number of aromatic nitrogens is 2. The van der Waals surface area contributed by atoms with Crippen LogP contribution in [0, 0.1) is 3.77 Å². The van der Waals surface area contributed by atoms with E-state index in [4.69, 9.17) is 8.83 Å². The van der Waals surface area contributed by atoms with Gasteiger partial charge in [-0.05, 0) is 33.8 Å². The van der Waals surface area contributed by atoms with E-state index < -0.39 is 5.97 Å². The molecule has 0 radical (unpaired) electrons. The van der Waals surface area contributed by atoms with Crippen molar-refractivity contribution in [2.45, 2.75) is 18.6 Å². The van der Waals surface area contributed by atoms with E-state index in [9.17, 15) is 9.90 Å². The van der Waals surface area contributed by atoms with Crippen molar-refractivity contribution in [2.75, 3.05) is 0 Å². The summed E-state index contributed by atoms with van der Waals surface area (Å²) < 4.78 is 12.1. The first kappa shape index (κ1) is 15.6. The number of hydrogen-bond donors (Lipinski definition) is 1. The highest BCUT2D eigenvalue weighted by atomic mass is 127. The molecule has 2 rings (SSSR count). The van der Waals surface area contributed by atoms with E-state index in [1.807, 2.05) is 29.5 Å². The van der Waals surface area contributed by atoms with Gasteiger partial charge in [0, 0.05) is 35.1 Å². The lowest BCUT2D eigenvalue weighted by atomic mass is 10.4. The quantitative estimate of drug-likeness (QED) is 0.403. The van der Waals surface area contributed by atoms with Gasteiger partial charge in [0.25, 0.3) is 5.22 Å². The fraction of sp³-hybridized carbons (Fsp3) is 0.182. The third kappa shape index (κ3) is 3.85. The molecule has 2 aromatic heterocycles. The number of rotatable bonds is 5. The lowest BCUT2D eigenvalue weighted by molar-refractivity contribution is -0.131. The van der Waals surface area contributed by atoms with Crippen LogP contribution in [0.15, 0.2) is 29.5 Å². The molecular weight excluding hydrogens is 463 g/mol. The summed E-state index contributed by atoms with van der Waals surface area (Å²) in [5.74, 6) is -0.192. The molecule has 0 amide bonds. The Bertz CT molecular complexity index is 648. The van der Waals surface area contributed by atoms with Crippen molar-refractivity contribution in [3.05, 3.63) is 30.9 Å². The number of aliphatic carboxylic acids is 1. The average molecular weight is 471 g/mol. The standard InChI is InChI=1S/C11H8BrIN2O4S/c1-2-8-14-15-11(19-8)20-7(10(16)17)4-5-3-6(12)9(13)18-5/h3-4H,2H2,1H3,(H,16,17)/b7-4-. The van der Waals surface area contributed by atoms with Gasteiger partial charge in [-0.1, -0.05) is 6.92 Å². The second-order valence-corrected chi connectivity index (χ2v) is 6.33. The Balaban J connectivity index is 2.24. The number of aryl methyl sites for hydroxylation is 1. The zero-order valence-electron chi connectivity index (χ0n) is 10.1. The molecule has 20 heavy (non-hydrogen) atoms. The van der Waals surface area contributed by atoms with Crippen molar-refractivity contribution in [1.29, 1.82) is 0 Å². The Morgan fingerprint density at radius 1 is 1.55 bits per heavy atom. The molecule has 0 bridgehead atoms. The van der Waals surface area contributed by atoms with E-state index in [0.29, 0.717) is 21.8 Å². The van der Waals surface area contributed by atoms with Crippen LogP contribution in [-0.2, 0) is 11.2 Å². The molecule has 0 aliphatic heterocycles. The highest BCUT2D eigenvalue weighted by Crippen LogP contribution is 2.30. The monoisotopic (exact) mass is 470 g/mol. The van der Waals surface area contributed by atoms with Gasteiger partial charge in [0.1, 0.15) is 10.7 Å². The first-order valence-electron chi connectivity index (χ1n) is 5.39. The maximum atomic E-state index is 11.2. The number of carboxylic acids is 1. The van der Waals surface area contributed by atoms with Crippen LogP contribution in [0.4, 0.5) is 0 Å². The van der Waals surface area contributed by atoms with Gasteiger partial charge >= 0.3 is 5.97 Å². The summed E-state index contributed by atoms with van der Waals surface area (Å²) in [6, 6.07) is 1.69. The van der Waals surface area contributed by atoms with Crippen LogP contribution < -0.4 is 0 Å². The lowest BCUT2D eigenvalue weighted by Crippen LogP contribution is -1.96. The molecule has 6 nitrogen and oxygen atoms in total. The summed E-state index contributed by atoms with van der Waals surface area (Å²) in [4.78, 5) is 11.3. The van der Waals surface area contributed by atoms with Crippen molar-refractivity contribution >= 4 is 62.3 Å². The van der Waals surface area contributed by atoms with Crippen molar-refractivity contribution in [3.63, 3.8) is 0 Å². The number of carboxylic acid groups (broad SMARTS) is 1. The Hall–Kier alpha value is -0.810. The maximum absolute atomic E-state index is 11.2. The summed E-state index contributed by atoms with van der Waals surface area (Å²) in [6.45, 7) is 1.87. The molecule has 0 aliphatic rings. The number of carbonyl (C=O) groups is 1. The van der Waals surface area contributed by atoms with E-state index in [0.717, 1.165) is 16.2 Å². The van der Waals surface area contributed by atoms with Gasteiger partial charge < -0.3 is 13.9 Å². The third-order valence-corrected chi connectivity index (χ3v) is 5.08. The van der Waals surface area contributed by atoms with Gasteiger partial charge in [0.05, 0.1) is 4.47 Å². The van der Waals surface area contributed by atoms with Crippen molar-refractivity contribution in [2.24, 2.45) is 0 Å². The van der Waals surface area contributed by atoms with Crippen LogP contribution >= 0.6 is 50.3 Å². The first-order chi connectivity index (χ1) is 9.49. The Morgan fingerprint density at radius 3 is 2.80 bits per heavy atom. The molecule has 2 aromatic rings. The first-order valence-corrected chi connectivity index (χ1v) is 8.08. The van der Waals surface area contributed by atoms with Gasteiger partial charge in [-0.25, -0.2) is 4.79 Å². The summed E-state index contributed by atoms with van der Waals surface area (Å²) in [6.07, 6.45) is 2.01. The molecule has 0 atom stereocenters. The van der Waals surface area contributed by atoms with Gasteiger partial charge in [0.2, 0.25) is 5.89 Å². The largest absolute Gasteiger partial charge is 0.477 e. The second-order valence-electron chi connectivity index (χ2n) is 3.50. The summed E-state index contributed by atoms with van der Waals surface area (Å²) >= 11 is 6.19. The van der Waals surface area contributed by atoms with Crippen LogP contribution in [0.3, 0.4) is 0 Å². The second kappa shape index (κ2) is 6.76. The Kier molecular flexibility index (Phi) is 5.27. The molecular formula is C11H8BrIN2O4S. The summed E-state index contributed by atoms with van der Waals surface area (Å²) in [5.41, 5.74) is 0. The van der Waals surface area contributed by atoms with E-state index in [2.05, 4.69) is 26.1 Å². The Morgan fingerprint density at radius 2 is 2.30 bits per heavy atom.